The highest BCUT2D eigenvalue weighted by molar-refractivity contribution is 5.96. The molecule has 0 unspecified atom stereocenters. The van der Waals surface area contributed by atoms with Gasteiger partial charge >= 0.3 is 0 Å². The van der Waals surface area contributed by atoms with Gasteiger partial charge in [-0.25, -0.2) is 0 Å². The monoisotopic (exact) mass is 328 g/mol. The first-order valence-corrected chi connectivity index (χ1v) is 7.45. The number of nitrogens with zero attached hydrogens (tertiary/aromatic N) is 1. The minimum absolute atomic E-state index is 0.0871. The Labute approximate surface area is 141 Å². The molecule has 0 spiro atoms. The second kappa shape index (κ2) is 8.57. The molecule has 0 saturated heterocycles. The van der Waals surface area contributed by atoms with Gasteiger partial charge in [-0.15, -0.1) is 0 Å². The fourth-order valence-electron chi connectivity index (χ4n) is 1.96. The van der Waals surface area contributed by atoms with Crippen LogP contribution in [0.4, 0.5) is 5.69 Å². The van der Waals surface area contributed by atoms with Crippen LogP contribution < -0.4 is 19.7 Å². The van der Waals surface area contributed by atoms with E-state index in [-0.39, 0.29) is 25.0 Å². The molecule has 1 N–H and O–H groups in total. The Hall–Kier alpha value is -3.02. The van der Waals surface area contributed by atoms with Gasteiger partial charge in [0.2, 0.25) is 5.91 Å². The first-order valence-electron chi connectivity index (χ1n) is 7.45. The summed E-state index contributed by atoms with van der Waals surface area (Å²) < 4.78 is 10.4. The Kier molecular flexibility index (Phi) is 6.19. The number of para-hydroxylation sites is 1. The van der Waals surface area contributed by atoms with Crippen molar-refractivity contribution in [1.82, 2.24) is 5.32 Å². The lowest BCUT2D eigenvalue weighted by Gasteiger charge is -2.17. The van der Waals surface area contributed by atoms with Crippen molar-refractivity contribution in [3.8, 4) is 11.5 Å². The van der Waals surface area contributed by atoms with Crippen LogP contribution in [0.1, 0.15) is 0 Å². The molecule has 0 atom stereocenters. The summed E-state index contributed by atoms with van der Waals surface area (Å²) in [4.78, 5) is 25.3. The maximum Gasteiger partial charge on any atom is 0.258 e. The number of amides is 2. The summed E-state index contributed by atoms with van der Waals surface area (Å²) in [5, 5.41) is 2.55. The molecule has 2 rings (SSSR count). The summed E-state index contributed by atoms with van der Waals surface area (Å²) in [6.45, 7) is -0.245. The van der Waals surface area contributed by atoms with E-state index in [0.717, 1.165) is 5.69 Å². The van der Waals surface area contributed by atoms with Crippen molar-refractivity contribution in [2.24, 2.45) is 0 Å². The van der Waals surface area contributed by atoms with Gasteiger partial charge in [-0.2, -0.15) is 0 Å². The first-order chi connectivity index (χ1) is 11.6. The quantitative estimate of drug-likeness (QED) is 0.842. The van der Waals surface area contributed by atoms with E-state index in [2.05, 4.69) is 5.32 Å². The molecule has 24 heavy (non-hydrogen) atoms. The van der Waals surface area contributed by atoms with Crippen LogP contribution in [0, 0.1) is 0 Å². The number of anilines is 1. The molecule has 0 aromatic heterocycles. The van der Waals surface area contributed by atoms with Crippen LogP contribution in [0.25, 0.3) is 0 Å². The van der Waals surface area contributed by atoms with E-state index in [1.807, 2.05) is 30.3 Å². The standard InChI is InChI=1S/C18H20N2O4/c1-20(14-6-4-3-5-7-14)18(22)12-19-17(21)13-24-16-10-8-15(23-2)9-11-16/h3-11H,12-13H2,1-2H3,(H,19,21). The van der Waals surface area contributed by atoms with Crippen LogP contribution in [0.3, 0.4) is 0 Å². The average Bonchev–Trinajstić information content (AvgIpc) is 2.64. The van der Waals surface area contributed by atoms with Gasteiger partial charge in [0, 0.05) is 12.7 Å². The first kappa shape index (κ1) is 17.3. The largest absolute Gasteiger partial charge is 0.497 e. The molecule has 2 aromatic rings. The zero-order chi connectivity index (χ0) is 17.4. The van der Waals surface area contributed by atoms with E-state index in [9.17, 15) is 9.59 Å². The number of ether oxygens (including phenoxy) is 2. The van der Waals surface area contributed by atoms with Crippen LogP contribution in [0.5, 0.6) is 11.5 Å². The third-order valence-corrected chi connectivity index (χ3v) is 3.38. The van der Waals surface area contributed by atoms with Crippen molar-refractivity contribution in [2.45, 2.75) is 0 Å². The fraction of sp³-hybridized carbons (Fsp3) is 0.222. The fourth-order valence-corrected chi connectivity index (χ4v) is 1.96. The van der Waals surface area contributed by atoms with Gasteiger partial charge in [-0.1, -0.05) is 18.2 Å². The zero-order valence-corrected chi connectivity index (χ0v) is 13.7. The number of carbonyl (C=O) groups excluding carboxylic acids is 2. The molecule has 0 aliphatic carbocycles. The van der Waals surface area contributed by atoms with Gasteiger partial charge < -0.3 is 19.7 Å². The highest BCUT2D eigenvalue weighted by Crippen LogP contribution is 2.16. The summed E-state index contributed by atoms with van der Waals surface area (Å²) in [5.41, 5.74) is 0.770. The van der Waals surface area contributed by atoms with Crippen LogP contribution in [0.15, 0.2) is 54.6 Å². The highest BCUT2D eigenvalue weighted by Gasteiger charge is 2.12. The Balaban J connectivity index is 1.75. The molecule has 0 fully saturated rings. The molecule has 0 aliphatic heterocycles. The molecule has 6 nitrogen and oxygen atoms in total. The van der Waals surface area contributed by atoms with Gasteiger partial charge in [-0.3, -0.25) is 9.59 Å². The summed E-state index contributed by atoms with van der Waals surface area (Å²) >= 11 is 0. The Bertz CT molecular complexity index is 671. The van der Waals surface area contributed by atoms with Crippen molar-refractivity contribution in [1.29, 1.82) is 0 Å². The predicted molar refractivity (Wildman–Crippen MR) is 91.4 cm³/mol. The van der Waals surface area contributed by atoms with Crippen molar-refractivity contribution in [2.75, 3.05) is 32.2 Å². The number of rotatable bonds is 7. The van der Waals surface area contributed by atoms with Crippen LogP contribution in [-0.2, 0) is 9.59 Å². The SMILES string of the molecule is COc1ccc(OCC(=O)NCC(=O)N(C)c2ccccc2)cc1. The van der Waals surface area contributed by atoms with Crippen molar-refractivity contribution < 1.29 is 19.1 Å². The molecule has 6 heteroatoms. The van der Waals surface area contributed by atoms with Gasteiger partial charge in [0.15, 0.2) is 6.61 Å². The number of carbonyl (C=O) groups is 2. The number of hydrogen-bond donors (Lipinski definition) is 1. The van der Waals surface area contributed by atoms with E-state index in [1.165, 1.54) is 4.90 Å². The van der Waals surface area contributed by atoms with Crippen molar-refractivity contribution in [3.05, 3.63) is 54.6 Å². The molecule has 0 aliphatic rings. The maximum absolute atomic E-state index is 12.0. The third-order valence-electron chi connectivity index (χ3n) is 3.38. The summed E-state index contributed by atoms with van der Waals surface area (Å²) in [6.07, 6.45) is 0. The number of nitrogens with one attached hydrogen (secondary N) is 1. The lowest BCUT2D eigenvalue weighted by molar-refractivity contribution is -0.126. The summed E-state index contributed by atoms with van der Waals surface area (Å²) in [6, 6.07) is 16.1. The zero-order valence-electron chi connectivity index (χ0n) is 13.7. The molecule has 0 bridgehead atoms. The number of likely N-dealkylation sites (N-methyl/N-ethyl adjacent to an activating group) is 1. The lowest BCUT2D eigenvalue weighted by atomic mass is 10.3. The smallest absolute Gasteiger partial charge is 0.258 e. The number of hydrogen-bond acceptors (Lipinski definition) is 4. The molecule has 0 saturated carbocycles. The van der Waals surface area contributed by atoms with E-state index >= 15 is 0 Å². The molecular weight excluding hydrogens is 308 g/mol. The average molecular weight is 328 g/mol. The van der Waals surface area contributed by atoms with Gasteiger partial charge in [-0.05, 0) is 36.4 Å². The summed E-state index contributed by atoms with van der Waals surface area (Å²) in [7, 11) is 3.24. The summed E-state index contributed by atoms with van der Waals surface area (Å²) in [5.74, 6) is 0.694. The lowest BCUT2D eigenvalue weighted by Crippen LogP contribution is -2.39. The van der Waals surface area contributed by atoms with Gasteiger partial charge in [0.1, 0.15) is 11.5 Å². The topological polar surface area (TPSA) is 67.9 Å². The second-order valence-corrected chi connectivity index (χ2v) is 5.03. The van der Waals surface area contributed by atoms with E-state index in [1.54, 1.807) is 38.4 Å². The minimum atomic E-state index is -0.361. The normalized spacial score (nSPS) is 9.92. The number of benzene rings is 2. The van der Waals surface area contributed by atoms with E-state index < -0.39 is 0 Å². The Morgan fingerprint density at radius 1 is 1.00 bits per heavy atom. The molecule has 0 heterocycles. The van der Waals surface area contributed by atoms with Gasteiger partial charge in [0.05, 0.1) is 13.7 Å². The molecule has 126 valence electrons. The van der Waals surface area contributed by atoms with E-state index in [4.69, 9.17) is 9.47 Å². The van der Waals surface area contributed by atoms with Crippen molar-refractivity contribution in [3.63, 3.8) is 0 Å². The van der Waals surface area contributed by atoms with Crippen LogP contribution in [-0.4, -0.2) is 39.1 Å². The van der Waals surface area contributed by atoms with Gasteiger partial charge in [0.25, 0.3) is 5.91 Å². The Morgan fingerprint density at radius 2 is 1.62 bits per heavy atom. The van der Waals surface area contributed by atoms with Crippen LogP contribution >= 0.6 is 0 Å². The highest BCUT2D eigenvalue weighted by atomic mass is 16.5. The third kappa shape index (κ3) is 5.01. The molecule has 2 amide bonds. The van der Waals surface area contributed by atoms with Crippen molar-refractivity contribution >= 4 is 17.5 Å². The van der Waals surface area contributed by atoms with E-state index in [0.29, 0.717) is 11.5 Å². The molecule has 2 aromatic carbocycles. The minimum Gasteiger partial charge on any atom is -0.497 e. The number of methoxy groups -OCH3 is 1. The molecular formula is C18H20N2O4. The second-order valence-electron chi connectivity index (χ2n) is 5.03. The Morgan fingerprint density at radius 3 is 2.25 bits per heavy atom. The maximum atomic E-state index is 12.0. The predicted octanol–water partition coefficient (Wildman–Crippen LogP) is 1.85. The van der Waals surface area contributed by atoms with Crippen LogP contribution in [0.2, 0.25) is 0 Å². The molecule has 0 radical (unpaired) electrons.